The van der Waals surface area contributed by atoms with Crippen LogP contribution >= 0.6 is 0 Å². The summed E-state index contributed by atoms with van der Waals surface area (Å²) in [5.74, 6) is 2.67. The summed E-state index contributed by atoms with van der Waals surface area (Å²) < 4.78 is 63.8. The van der Waals surface area contributed by atoms with Crippen molar-refractivity contribution in [3.63, 3.8) is 0 Å². The average Bonchev–Trinajstić information content (AvgIpc) is 2.74. The second-order valence-electron chi connectivity index (χ2n) is 9.44. The minimum Gasteiger partial charge on any atom is -0.376 e. The Labute approximate surface area is 184 Å². The molecular formula is C24H35F3O3S. The van der Waals surface area contributed by atoms with Crippen LogP contribution in [0, 0.1) is 17.8 Å². The van der Waals surface area contributed by atoms with Gasteiger partial charge in [0, 0.05) is 0 Å². The molecule has 0 bridgehead atoms. The molecule has 0 atom stereocenters. The van der Waals surface area contributed by atoms with E-state index in [1.54, 1.807) is 12.1 Å². The second kappa shape index (κ2) is 10.6. The molecule has 0 amide bonds. The third kappa shape index (κ3) is 6.62. The summed E-state index contributed by atoms with van der Waals surface area (Å²) in [5, 5.41) is 0. The van der Waals surface area contributed by atoms with Crippen molar-refractivity contribution < 1.29 is 25.8 Å². The fourth-order valence-corrected chi connectivity index (χ4v) is 5.98. The molecule has 31 heavy (non-hydrogen) atoms. The summed E-state index contributed by atoms with van der Waals surface area (Å²) in [7, 11) is -5.62. The molecule has 2 fully saturated rings. The highest BCUT2D eigenvalue weighted by atomic mass is 32.2. The molecule has 0 heterocycles. The highest BCUT2D eigenvalue weighted by Crippen LogP contribution is 2.44. The zero-order valence-corrected chi connectivity index (χ0v) is 19.2. The molecule has 0 radical (unpaired) electrons. The monoisotopic (exact) mass is 460 g/mol. The van der Waals surface area contributed by atoms with Crippen molar-refractivity contribution >= 4 is 10.1 Å². The van der Waals surface area contributed by atoms with E-state index in [2.05, 4.69) is 11.1 Å². The fraction of sp³-hybridized carbons (Fsp3) is 0.750. The van der Waals surface area contributed by atoms with Gasteiger partial charge in [0.15, 0.2) is 0 Å². The van der Waals surface area contributed by atoms with E-state index in [-0.39, 0.29) is 5.75 Å². The molecule has 0 aromatic heterocycles. The van der Waals surface area contributed by atoms with Gasteiger partial charge < -0.3 is 4.18 Å². The van der Waals surface area contributed by atoms with Gasteiger partial charge in [-0.05, 0) is 79.9 Å². The lowest BCUT2D eigenvalue weighted by molar-refractivity contribution is -0.0500. The molecule has 7 heteroatoms. The van der Waals surface area contributed by atoms with E-state index in [9.17, 15) is 21.6 Å². The van der Waals surface area contributed by atoms with E-state index < -0.39 is 15.6 Å². The number of alkyl halides is 3. The summed E-state index contributed by atoms with van der Waals surface area (Å²) in [5.41, 5.74) is -4.37. The van der Waals surface area contributed by atoms with Gasteiger partial charge in [-0.3, -0.25) is 0 Å². The molecule has 0 unspecified atom stereocenters. The number of unbranched alkanes of at least 4 members (excludes halogenated alkanes) is 2. The number of hydrogen-bond acceptors (Lipinski definition) is 3. The molecule has 1 aromatic rings. The minimum atomic E-state index is -5.62. The Kier molecular flexibility index (Phi) is 8.33. The van der Waals surface area contributed by atoms with Crippen molar-refractivity contribution in [2.24, 2.45) is 17.8 Å². The molecule has 0 aliphatic heterocycles. The number of halogens is 3. The van der Waals surface area contributed by atoms with E-state index in [1.165, 1.54) is 76.3 Å². The zero-order chi connectivity index (χ0) is 22.5. The molecule has 0 saturated heterocycles. The predicted octanol–water partition coefficient (Wildman–Crippen LogP) is 7.58. The van der Waals surface area contributed by atoms with Gasteiger partial charge in [0.05, 0.1) is 0 Å². The molecule has 1 aromatic carbocycles. The van der Waals surface area contributed by atoms with Crippen LogP contribution in [0.1, 0.15) is 95.5 Å². The Morgan fingerprint density at radius 3 is 1.94 bits per heavy atom. The van der Waals surface area contributed by atoms with Crippen molar-refractivity contribution in [2.75, 3.05) is 0 Å². The van der Waals surface area contributed by atoms with Crippen molar-refractivity contribution in [3.05, 3.63) is 29.8 Å². The Balaban J connectivity index is 1.45. The lowest BCUT2D eigenvalue weighted by Gasteiger charge is -2.38. The van der Waals surface area contributed by atoms with E-state index in [0.29, 0.717) is 5.92 Å². The summed E-state index contributed by atoms with van der Waals surface area (Å²) in [6, 6.07) is 6.05. The SMILES string of the molecule is CCCCCC1CCC(C2CCC(c3ccc(OS(=O)(=O)C(F)(F)F)cc3)CC2)CC1. The first-order valence-corrected chi connectivity index (χ1v) is 13.2. The Bertz CT molecular complexity index is 773. The van der Waals surface area contributed by atoms with Crippen LogP contribution in [0.2, 0.25) is 0 Å². The van der Waals surface area contributed by atoms with Gasteiger partial charge in [-0.2, -0.15) is 21.6 Å². The maximum absolute atomic E-state index is 12.5. The van der Waals surface area contributed by atoms with Gasteiger partial charge in [0.1, 0.15) is 5.75 Å². The molecule has 2 aliphatic rings. The van der Waals surface area contributed by atoms with Crippen LogP contribution in [0.15, 0.2) is 24.3 Å². The molecule has 2 aliphatic carbocycles. The van der Waals surface area contributed by atoms with E-state index in [1.807, 2.05) is 0 Å². The maximum Gasteiger partial charge on any atom is 0.534 e. The lowest BCUT2D eigenvalue weighted by Crippen LogP contribution is -2.28. The van der Waals surface area contributed by atoms with Crippen LogP contribution in [0.5, 0.6) is 5.75 Å². The van der Waals surface area contributed by atoms with Crippen LogP contribution in [-0.2, 0) is 10.1 Å². The third-order valence-corrected chi connectivity index (χ3v) is 8.37. The second-order valence-corrected chi connectivity index (χ2v) is 11.0. The van der Waals surface area contributed by atoms with Gasteiger partial charge >= 0.3 is 15.6 Å². The molecule has 0 spiro atoms. The van der Waals surface area contributed by atoms with E-state index in [0.717, 1.165) is 36.2 Å². The number of benzene rings is 1. The highest BCUT2D eigenvalue weighted by molar-refractivity contribution is 7.88. The average molecular weight is 461 g/mol. The van der Waals surface area contributed by atoms with E-state index >= 15 is 0 Å². The Hall–Kier alpha value is -1.24. The molecule has 0 N–H and O–H groups in total. The zero-order valence-electron chi connectivity index (χ0n) is 18.4. The number of rotatable bonds is 8. The van der Waals surface area contributed by atoms with Crippen LogP contribution < -0.4 is 4.18 Å². The topological polar surface area (TPSA) is 43.4 Å². The van der Waals surface area contributed by atoms with Crippen LogP contribution in [-0.4, -0.2) is 13.9 Å². The normalized spacial score (nSPS) is 27.7. The first-order chi connectivity index (χ1) is 14.7. The first-order valence-electron chi connectivity index (χ1n) is 11.8. The van der Waals surface area contributed by atoms with Gasteiger partial charge in [-0.25, -0.2) is 0 Å². The quantitative estimate of drug-likeness (QED) is 0.228. The van der Waals surface area contributed by atoms with Crippen LogP contribution in [0.3, 0.4) is 0 Å². The predicted molar refractivity (Wildman–Crippen MR) is 116 cm³/mol. The Morgan fingerprint density at radius 1 is 0.871 bits per heavy atom. The summed E-state index contributed by atoms with van der Waals surface area (Å²) >= 11 is 0. The van der Waals surface area contributed by atoms with Gasteiger partial charge in [-0.15, -0.1) is 0 Å². The lowest BCUT2D eigenvalue weighted by atomic mass is 9.68. The summed E-state index contributed by atoms with van der Waals surface area (Å²) in [6.07, 6.45) is 15.5. The summed E-state index contributed by atoms with van der Waals surface area (Å²) in [4.78, 5) is 0. The molecule has 3 rings (SSSR count). The van der Waals surface area contributed by atoms with Crippen molar-refractivity contribution in [3.8, 4) is 5.75 Å². The van der Waals surface area contributed by atoms with Gasteiger partial charge in [-0.1, -0.05) is 57.6 Å². The largest absolute Gasteiger partial charge is 0.534 e. The molecule has 2 saturated carbocycles. The minimum absolute atomic E-state index is 0.301. The van der Waals surface area contributed by atoms with Crippen LogP contribution in [0.25, 0.3) is 0 Å². The molecular weight excluding hydrogens is 425 g/mol. The smallest absolute Gasteiger partial charge is 0.376 e. The standard InChI is InChI=1S/C24H35F3O3S/c1-2-3-4-5-18-6-8-19(9-7-18)20-10-12-21(13-11-20)22-14-16-23(17-15-22)30-31(28,29)24(25,26)27/h14-21H,2-13H2,1H3. The van der Waals surface area contributed by atoms with E-state index in [4.69, 9.17) is 0 Å². The van der Waals surface area contributed by atoms with Gasteiger partial charge in [0.2, 0.25) is 0 Å². The van der Waals surface area contributed by atoms with Crippen molar-refractivity contribution in [2.45, 2.75) is 95.4 Å². The molecule has 3 nitrogen and oxygen atoms in total. The number of hydrogen-bond donors (Lipinski definition) is 0. The first kappa shape index (κ1) is 24.4. The maximum atomic E-state index is 12.5. The van der Waals surface area contributed by atoms with Crippen molar-refractivity contribution in [1.82, 2.24) is 0 Å². The molecule has 176 valence electrons. The van der Waals surface area contributed by atoms with Gasteiger partial charge in [0.25, 0.3) is 0 Å². The Morgan fingerprint density at radius 2 is 1.42 bits per heavy atom. The van der Waals surface area contributed by atoms with Crippen LogP contribution in [0.4, 0.5) is 13.2 Å². The third-order valence-electron chi connectivity index (χ3n) is 7.39. The van der Waals surface area contributed by atoms with Crippen molar-refractivity contribution in [1.29, 1.82) is 0 Å². The highest BCUT2D eigenvalue weighted by Gasteiger charge is 2.48. The fourth-order valence-electron chi connectivity index (χ4n) is 5.52. The summed E-state index contributed by atoms with van der Waals surface area (Å²) in [6.45, 7) is 2.26.